The van der Waals surface area contributed by atoms with E-state index in [0.29, 0.717) is 6.54 Å². The van der Waals surface area contributed by atoms with Gasteiger partial charge in [-0.25, -0.2) is 0 Å². The Balaban J connectivity index is 0.000000720. The van der Waals surface area contributed by atoms with E-state index in [9.17, 15) is 9.59 Å². The van der Waals surface area contributed by atoms with Gasteiger partial charge in [0, 0.05) is 6.54 Å². The van der Waals surface area contributed by atoms with Crippen LogP contribution in [-0.2, 0) is 9.59 Å². The number of carbonyl (C=O) groups excluding carboxylic acids is 2. The maximum atomic E-state index is 11.1. The Hall–Kier alpha value is -0.610. The first-order valence-electron chi connectivity index (χ1n) is 3.84. The highest BCUT2D eigenvalue weighted by molar-refractivity contribution is 6.05. The largest absolute Gasteiger partial charge is 0.316 e. The van der Waals surface area contributed by atoms with E-state index in [2.05, 4.69) is 10.6 Å². The topological polar surface area (TPSA) is 58.2 Å². The third kappa shape index (κ3) is 1.32. The lowest BCUT2D eigenvalue weighted by atomic mass is 9.89. The van der Waals surface area contributed by atoms with Crippen LogP contribution in [-0.4, -0.2) is 24.9 Å². The molecule has 2 aliphatic heterocycles. The molecular formula is C7H11ClN2O2. The monoisotopic (exact) mass is 190 g/mol. The van der Waals surface area contributed by atoms with Crippen molar-refractivity contribution in [2.75, 3.05) is 13.1 Å². The highest BCUT2D eigenvalue weighted by Crippen LogP contribution is 2.24. The van der Waals surface area contributed by atoms with Crippen molar-refractivity contribution in [3.05, 3.63) is 0 Å². The van der Waals surface area contributed by atoms with Crippen LogP contribution < -0.4 is 10.6 Å². The van der Waals surface area contributed by atoms with Crippen LogP contribution in [0.1, 0.15) is 6.42 Å². The van der Waals surface area contributed by atoms with Crippen LogP contribution >= 0.6 is 12.4 Å². The SMILES string of the molecule is Cl.O=C1NC(=O)[C@@H]2CNCC[C@H]12. The second kappa shape index (κ2) is 3.41. The van der Waals surface area contributed by atoms with Crippen molar-refractivity contribution < 1.29 is 9.59 Å². The Bertz CT molecular complexity index is 197. The predicted octanol–water partition coefficient (Wildman–Crippen LogP) is -0.710. The first-order valence-corrected chi connectivity index (χ1v) is 3.84. The molecule has 0 spiro atoms. The fourth-order valence-corrected chi connectivity index (χ4v) is 1.75. The van der Waals surface area contributed by atoms with Crippen molar-refractivity contribution in [1.82, 2.24) is 10.6 Å². The first kappa shape index (κ1) is 9.48. The molecule has 68 valence electrons. The predicted molar refractivity (Wildman–Crippen MR) is 44.9 cm³/mol. The molecule has 0 aromatic rings. The summed E-state index contributed by atoms with van der Waals surface area (Å²) in [5.41, 5.74) is 0. The lowest BCUT2D eigenvalue weighted by Gasteiger charge is -2.21. The summed E-state index contributed by atoms with van der Waals surface area (Å²) in [6, 6.07) is 0. The minimum Gasteiger partial charge on any atom is -0.316 e. The molecule has 2 heterocycles. The summed E-state index contributed by atoms with van der Waals surface area (Å²) < 4.78 is 0. The molecule has 2 aliphatic rings. The molecule has 2 saturated heterocycles. The molecule has 2 amide bonds. The third-order valence-electron chi connectivity index (χ3n) is 2.40. The van der Waals surface area contributed by atoms with Crippen molar-refractivity contribution in [3.63, 3.8) is 0 Å². The molecule has 2 fully saturated rings. The quantitative estimate of drug-likeness (QED) is 0.497. The van der Waals surface area contributed by atoms with Gasteiger partial charge in [0.15, 0.2) is 0 Å². The molecule has 0 radical (unpaired) electrons. The van der Waals surface area contributed by atoms with Gasteiger partial charge in [0.1, 0.15) is 0 Å². The number of halogens is 1. The standard InChI is InChI=1S/C7H10N2O2.ClH/c10-6-4-1-2-8-3-5(4)7(11)9-6;/h4-5,8H,1-3H2,(H,9,10,11);1H/t4-,5+;/m0./s1. The maximum Gasteiger partial charge on any atom is 0.231 e. The highest BCUT2D eigenvalue weighted by atomic mass is 35.5. The summed E-state index contributed by atoms with van der Waals surface area (Å²) in [6.07, 6.45) is 0.794. The van der Waals surface area contributed by atoms with E-state index in [1.165, 1.54) is 0 Å². The molecule has 2 atom stereocenters. The van der Waals surface area contributed by atoms with Gasteiger partial charge in [-0.1, -0.05) is 0 Å². The average molecular weight is 191 g/mol. The molecule has 5 heteroatoms. The maximum absolute atomic E-state index is 11.1. The summed E-state index contributed by atoms with van der Waals surface area (Å²) in [6.45, 7) is 1.50. The van der Waals surface area contributed by atoms with Crippen molar-refractivity contribution >= 4 is 24.2 Å². The van der Waals surface area contributed by atoms with Gasteiger partial charge in [0.2, 0.25) is 11.8 Å². The van der Waals surface area contributed by atoms with Crippen molar-refractivity contribution in [2.45, 2.75) is 6.42 Å². The number of hydrogen-bond acceptors (Lipinski definition) is 3. The molecule has 0 bridgehead atoms. The van der Waals surface area contributed by atoms with E-state index < -0.39 is 0 Å². The zero-order valence-electron chi connectivity index (χ0n) is 6.50. The average Bonchev–Trinajstić information content (AvgIpc) is 2.30. The van der Waals surface area contributed by atoms with Crippen LogP contribution in [0, 0.1) is 11.8 Å². The zero-order valence-corrected chi connectivity index (χ0v) is 7.32. The van der Waals surface area contributed by atoms with Gasteiger partial charge in [-0.15, -0.1) is 12.4 Å². The molecular weight excluding hydrogens is 180 g/mol. The Morgan fingerprint density at radius 3 is 2.50 bits per heavy atom. The number of hydrogen-bond donors (Lipinski definition) is 2. The van der Waals surface area contributed by atoms with Gasteiger partial charge < -0.3 is 5.32 Å². The van der Waals surface area contributed by atoms with Crippen molar-refractivity contribution in [2.24, 2.45) is 11.8 Å². The number of fused-ring (bicyclic) bond motifs is 1. The van der Waals surface area contributed by atoms with Gasteiger partial charge in [0.05, 0.1) is 11.8 Å². The van der Waals surface area contributed by atoms with Gasteiger partial charge in [0.25, 0.3) is 0 Å². The molecule has 0 aromatic carbocycles. The van der Waals surface area contributed by atoms with Crippen molar-refractivity contribution in [1.29, 1.82) is 0 Å². The molecule has 0 aromatic heterocycles. The summed E-state index contributed by atoms with van der Waals surface area (Å²) in [7, 11) is 0. The van der Waals surface area contributed by atoms with Gasteiger partial charge in [-0.2, -0.15) is 0 Å². The number of carbonyl (C=O) groups is 2. The first-order chi connectivity index (χ1) is 5.29. The van der Waals surface area contributed by atoms with E-state index in [1.54, 1.807) is 0 Å². The number of imide groups is 1. The Morgan fingerprint density at radius 1 is 1.17 bits per heavy atom. The number of amides is 2. The minimum atomic E-state index is -0.104. The number of piperidine rings is 1. The minimum absolute atomic E-state index is 0. The van der Waals surface area contributed by atoms with Gasteiger partial charge in [-0.05, 0) is 13.0 Å². The Labute approximate surface area is 76.5 Å². The van der Waals surface area contributed by atoms with Crippen LogP contribution in [0.2, 0.25) is 0 Å². The van der Waals surface area contributed by atoms with Crippen LogP contribution in [0.3, 0.4) is 0 Å². The van der Waals surface area contributed by atoms with Gasteiger partial charge in [-0.3, -0.25) is 14.9 Å². The molecule has 4 nitrogen and oxygen atoms in total. The number of rotatable bonds is 0. The Morgan fingerprint density at radius 2 is 1.83 bits per heavy atom. The molecule has 2 rings (SSSR count). The second-order valence-electron chi connectivity index (χ2n) is 3.06. The molecule has 0 saturated carbocycles. The fourth-order valence-electron chi connectivity index (χ4n) is 1.75. The second-order valence-corrected chi connectivity index (χ2v) is 3.06. The smallest absolute Gasteiger partial charge is 0.231 e. The van der Waals surface area contributed by atoms with Gasteiger partial charge >= 0.3 is 0 Å². The van der Waals surface area contributed by atoms with E-state index in [4.69, 9.17) is 0 Å². The third-order valence-corrected chi connectivity index (χ3v) is 2.40. The van der Waals surface area contributed by atoms with E-state index in [0.717, 1.165) is 13.0 Å². The number of nitrogens with one attached hydrogen (secondary N) is 2. The van der Waals surface area contributed by atoms with E-state index >= 15 is 0 Å². The zero-order chi connectivity index (χ0) is 7.84. The Kier molecular flexibility index (Phi) is 2.69. The van der Waals surface area contributed by atoms with Crippen LogP contribution in [0.15, 0.2) is 0 Å². The lowest BCUT2D eigenvalue weighted by Crippen LogP contribution is -2.38. The van der Waals surface area contributed by atoms with Crippen LogP contribution in [0.4, 0.5) is 0 Å². The van der Waals surface area contributed by atoms with E-state index in [-0.39, 0.29) is 36.1 Å². The normalized spacial score (nSPS) is 33.7. The highest BCUT2D eigenvalue weighted by Gasteiger charge is 2.42. The van der Waals surface area contributed by atoms with Crippen LogP contribution in [0.5, 0.6) is 0 Å². The van der Waals surface area contributed by atoms with Crippen molar-refractivity contribution in [3.8, 4) is 0 Å². The van der Waals surface area contributed by atoms with Crippen LogP contribution in [0.25, 0.3) is 0 Å². The fraction of sp³-hybridized carbons (Fsp3) is 0.714. The summed E-state index contributed by atoms with van der Waals surface area (Å²) in [5, 5.41) is 5.44. The summed E-state index contributed by atoms with van der Waals surface area (Å²) in [4.78, 5) is 22.1. The summed E-state index contributed by atoms with van der Waals surface area (Å²) >= 11 is 0. The molecule has 2 N–H and O–H groups in total. The molecule has 0 unspecified atom stereocenters. The van der Waals surface area contributed by atoms with E-state index in [1.807, 2.05) is 0 Å². The lowest BCUT2D eigenvalue weighted by molar-refractivity contribution is -0.126. The summed E-state index contributed by atoms with van der Waals surface area (Å²) in [5.74, 6) is -0.339. The molecule has 12 heavy (non-hydrogen) atoms. The molecule has 0 aliphatic carbocycles.